The molecule has 2 aromatic rings. The Morgan fingerprint density at radius 2 is 2.36 bits per heavy atom. The number of thiazole rings is 1. The highest BCUT2D eigenvalue weighted by Crippen LogP contribution is 2.32. The molecule has 1 aliphatic rings. The van der Waals surface area contributed by atoms with E-state index in [0.717, 1.165) is 36.6 Å². The van der Waals surface area contributed by atoms with Crippen molar-refractivity contribution in [2.24, 2.45) is 5.73 Å². The van der Waals surface area contributed by atoms with Gasteiger partial charge in [0.1, 0.15) is 0 Å². The molecule has 3 heterocycles. The van der Waals surface area contributed by atoms with Crippen molar-refractivity contribution in [3.8, 4) is 0 Å². The number of hydrogen-bond acceptors (Lipinski definition) is 7. The zero-order chi connectivity index (χ0) is 15.4. The van der Waals surface area contributed by atoms with Crippen LogP contribution in [0.4, 0.5) is 10.9 Å². The molecule has 3 N–H and O–H groups in total. The lowest BCUT2D eigenvalue weighted by molar-refractivity contribution is -0.120. The number of nitrogens with two attached hydrogens (primary N) is 1. The number of amides is 1. The summed E-state index contributed by atoms with van der Waals surface area (Å²) < 4.78 is 0. The number of likely N-dealkylation sites (tertiary alicyclic amines) is 1. The van der Waals surface area contributed by atoms with Gasteiger partial charge in [-0.05, 0) is 19.4 Å². The van der Waals surface area contributed by atoms with Crippen molar-refractivity contribution < 1.29 is 4.79 Å². The van der Waals surface area contributed by atoms with Crippen LogP contribution in [0.5, 0.6) is 0 Å². The maximum Gasteiger partial charge on any atom is 0.231 e. The number of aromatic nitrogens is 3. The lowest BCUT2D eigenvalue weighted by Gasteiger charge is -2.33. The summed E-state index contributed by atoms with van der Waals surface area (Å²) in [6, 6.07) is 0.162. The van der Waals surface area contributed by atoms with Crippen LogP contribution in [-0.4, -0.2) is 38.8 Å². The lowest BCUT2D eigenvalue weighted by atomic mass is 10.00. The van der Waals surface area contributed by atoms with E-state index >= 15 is 0 Å². The Hall–Kier alpha value is -2.06. The van der Waals surface area contributed by atoms with Gasteiger partial charge in [-0.25, -0.2) is 9.97 Å². The molecule has 1 aliphatic heterocycles. The van der Waals surface area contributed by atoms with E-state index in [2.05, 4.69) is 25.2 Å². The van der Waals surface area contributed by atoms with E-state index in [1.54, 1.807) is 18.6 Å². The molecule has 0 bridgehead atoms. The third-order valence-corrected chi connectivity index (χ3v) is 4.41. The van der Waals surface area contributed by atoms with Crippen LogP contribution < -0.4 is 11.1 Å². The van der Waals surface area contributed by atoms with Crippen LogP contribution in [0.15, 0.2) is 24.0 Å². The zero-order valence-corrected chi connectivity index (χ0v) is 12.9. The first-order valence-electron chi connectivity index (χ1n) is 7.23. The van der Waals surface area contributed by atoms with Crippen LogP contribution in [0.25, 0.3) is 0 Å². The summed E-state index contributed by atoms with van der Waals surface area (Å²) in [5.74, 6) is 0.376. The monoisotopic (exact) mass is 318 g/mol. The van der Waals surface area contributed by atoms with E-state index < -0.39 is 0 Å². The predicted molar refractivity (Wildman–Crippen MR) is 84.8 cm³/mol. The number of piperidine rings is 1. The van der Waals surface area contributed by atoms with E-state index in [9.17, 15) is 4.79 Å². The number of nitrogens with one attached hydrogen (secondary N) is 1. The molecule has 2 aromatic heterocycles. The average molecular weight is 318 g/mol. The summed E-state index contributed by atoms with van der Waals surface area (Å²) in [6.45, 7) is 1.17. The molecule has 0 saturated carbocycles. The van der Waals surface area contributed by atoms with Gasteiger partial charge in [0.05, 0.1) is 24.5 Å². The van der Waals surface area contributed by atoms with E-state index in [-0.39, 0.29) is 18.5 Å². The Labute approximate surface area is 132 Å². The van der Waals surface area contributed by atoms with Gasteiger partial charge in [-0.3, -0.25) is 14.7 Å². The van der Waals surface area contributed by atoms with Gasteiger partial charge in [-0.15, -0.1) is 11.3 Å². The lowest BCUT2D eigenvalue weighted by Crippen LogP contribution is -2.39. The summed E-state index contributed by atoms with van der Waals surface area (Å²) in [5, 5.41) is 5.95. The Morgan fingerprint density at radius 1 is 1.45 bits per heavy atom. The maximum absolute atomic E-state index is 11.2. The van der Waals surface area contributed by atoms with Gasteiger partial charge in [0.15, 0.2) is 10.9 Å². The quantitative estimate of drug-likeness (QED) is 0.870. The fourth-order valence-electron chi connectivity index (χ4n) is 2.69. The molecule has 0 spiro atoms. The fourth-order valence-corrected chi connectivity index (χ4v) is 3.45. The molecule has 1 fully saturated rings. The number of carbonyl (C=O) groups excluding carboxylic acids is 1. The molecule has 0 radical (unpaired) electrons. The van der Waals surface area contributed by atoms with Gasteiger partial charge in [0, 0.05) is 17.8 Å². The zero-order valence-electron chi connectivity index (χ0n) is 12.1. The van der Waals surface area contributed by atoms with Crippen LogP contribution in [-0.2, 0) is 4.79 Å². The highest BCUT2D eigenvalue weighted by Gasteiger charge is 2.26. The Balaban J connectivity index is 1.72. The minimum Gasteiger partial charge on any atom is -0.369 e. The molecule has 0 unspecified atom stereocenters. The van der Waals surface area contributed by atoms with Crippen LogP contribution >= 0.6 is 11.3 Å². The van der Waals surface area contributed by atoms with Gasteiger partial charge >= 0.3 is 0 Å². The van der Waals surface area contributed by atoms with Crippen molar-refractivity contribution in [1.82, 2.24) is 19.9 Å². The molecule has 116 valence electrons. The highest BCUT2D eigenvalue weighted by molar-refractivity contribution is 7.13. The molecule has 1 amide bonds. The predicted octanol–water partition coefficient (Wildman–Crippen LogP) is 1.69. The molecule has 8 heteroatoms. The van der Waals surface area contributed by atoms with E-state index in [0.29, 0.717) is 5.82 Å². The molecule has 7 nitrogen and oxygen atoms in total. The summed E-state index contributed by atoms with van der Waals surface area (Å²) >= 11 is 1.53. The molecular weight excluding hydrogens is 300 g/mol. The Bertz CT molecular complexity index is 631. The minimum absolute atomic E-state index is 0.162. The first kappa shape index (κ1) is 14.9. The standard InChI is InChI=1S/C14H18N6OS/c15-12(21)8-20-6-2-1-3-11(20)10-9-22-14(18-10)19-13-7-16-4-5-17-13/h4-5,7,9,11H,1-3,6,8H2,(H2,15,21)(H,17,18,19)/t11-/m0/s1. The summed E-state index contributed by atoms with van der Waals surface area (Å²) in [4.78, 5) is 26.2. The number of nitrogens with zero attached hydrogens (tertiary/aromatic N) is 4. The smallest absolute Gasteiger partial charge is 0.231 e. The van der Waals surface area contributed by atoms with Gasteiger partial charge in [0.25, 0.3) is 0 Å². The van der Waals surface area contributed by atoms with Gasteiger partial charge in [-0.1, -0.05) is 6.42 Å². The number of primary amides is 1. The number of rotatable bonds is 5. The van der Waals surface area contributed by atoms with E-state index in [4.69, 9.17) is 5.73 Å². The summed E-state index contributed by atoms with van der Waals surface area (Å²) in [7, 11) is 0. The van der Waals surface area contributed by atoms with Crippen LogP contribution in [0, 0.1) is 0 Å². The summed E-state index contributed by atoms with van der Waals surface area (Å²) in [6.07, 6.45) is 8.15. The first-order valence-corrected chi connectivity index (χ1v) is 8.11. The van der Waals surface area contributed by atoms with Crippen molar-refractivity contribution in [1.29, 1.82) is 0 Å². The second-order valence-electron chi connectivity index (χ2n) is 5.24. The van der Waals surface area contributed by atoms with Crippen molar-refractivity contribution >= 4 is 28.2 Å². The second kappa shape index (κ2) is 6.80. The van der Waals surface area contributed by atoms with Crippen LogP contribution in [0.1, 0.15) is 31.0 Å². The maximum atomic E-state index is 11.2. The van der Waals surface area contributed by atoms with Gasteiger partial charge in [-0.2, -0.15) is 0 Å². The topological polar surface area (TPSA) is 97.0 Å². The fraction of sp³-hybridized carbons (Fsp3) is 0.429. The average Bonchev–Trinajstić information content (AvgIpc) is 2.96. The molecule has 22 heavy (non-hydrogen) atoms. The SMILES string of the molecule is NC(=O)CN1CCCC[C@H]1c1csc(Nc2cnccn2)n1. The van der Waals surface area contributed by atoms with E-state index in [1.165, 1.54) is 11.3 Å². The van der Waals surface area contributed by atoms with Gasteiger partial charge in [0.2, 0.25) is 5.91 Å². The summed E-state index contributed by atoms with van der Waals surface area (Å²) in [5.41, 5.74) is 6.33. The third kappa shape index (κ3) is 3.58. The molecular formula is C14H18N6OS. The third-order valence-electron chi connectivity index (χ3n) is 3.63. The van der Waals surface area contributed by atoms with Gasteiger partial charge < -0.3 is 11.1 Å². The van der Waals surface area contributed by atoms with Crippen molar-refractivity contribution in [2.45, 2.75) is 25.3 Å². The largest absolute Gasteiger partial charge is 0.369 e. The number of carbonyl (C=O) groups is 1. The van der Waals surface area contributed by atoms with Crippen molar-refractivity contribution in [3.05, 3.63) is 29.7 Å². The molecule has 0 aromatic carbocycles. The van der Waals surface area contributed by atoms with E-state index in [1.807, 2.05) is 5.38 Å². The normalized spacial score (nSPS) is 19.0. The van der Waals surface area contributed by atoms with Crippen molar-refractivity contribution in [3.63, 3.8) is 0 Å². The number of anilines is 2. The van der Waals surface area contributed by atoms with Crippen LogP contribution in [0.3, 0.4) is 0 Å². The molecule has 1 saturated heterocycles. The van der Waals surface area contributed by atoms with Crippen LogP contribution in [0.2, 0.25) is 0 Å². The number of hydrogen-bond donors (Lipinski definition) is 2. The molecule has 1 atom stereocenters. The Kier molecular flexibility index (Phi) is 4.59. The van der Waals surface area contributed by atoms with Crippen molar-refractivity contribution in [2.75, 3.05) is 18.4 Å². The second-order valence-corrected chi connectivity index (χ2v) is 6.10. The minimum atomic E-state index is -0.292. The first-order chi connectivity index (χ1) is 10.7. The molecule has 3 rings (SSSR count). The Morgan fingerprint density at radius 3 is 3.14 bits per heavy atom. The highest BCUT2D eigenvalue weighted by atomic mass is 32.1. The molecule has 0 aliphatic carbocycles.